The molecule has 0 amide bonds. The van der Waals surface area contributed by atoms with Gasteiger partial charge in [0.15, 0.2) is 5.96 Å². The molecule has 2 N–H and O–H groups in total. The molecule has 2 aliphatic rings. The fourth-order valence-corrected chi connectivity index (χ4v) is 3.48. The minimum absolute atomic E-state index is 0.170. The lowest BCUT2D eigenvalue weighted by atomic mass is 9.95. The predicted molar refractivity (Wildman–Crippen MR) is 102 cm³/mol. The molecule has 26 heavy (non-hydrogen) atoms. The molecule has 1 aromatic carbocycles. The molecule has 144 valence electrons. The van der Waals surface area contributed by atoms with Gasteiger partial charge in [-0.25, -0.2) is 0 Å². The van der Waals surface area contributed by atoms with Crippen molar-refractivity contribution in [1.82, 2.24) is 10.6 Å². The summed E-state index contributed by atoms with van der Waals surface area (Å²) in [4.78, 5) is 4.31. The second-order valence-corrected chi connectivity index (χ2v) is 6.84. The monoisotopic (exact) mass is 361 g/mol. The largest absolute Gasteiger partial charge is 0.379 e. The van der Waals surface area contributed by atoms with Crippen molar-refractivity contribution < 1.29 is 14.2 Å². The number of nitrogens with zero attached hydrogens (tertiary/aromatic N) is 1. The Balaban J connectivity index is 1.34. The van der Waals surface area contributed by atoms with Crippen LogP contribution in [0.5, 0.6) is 0 Å². The summed E-state index contributed by atoms with van der Waals surface area (Å²) in [5, 5.41) is 6.80. The van der Waals surface area contributed by atoms with Gasteiger partial charge in [-0.05, 0) is 24.8 Å². The van der Waals surface area contributed by atoms with Crippen LogP contribution in [0.1, 0.15) is 30.9 Å². The molecule has 0 bridgehead atoms. The van der Waals surface area contributed by atoms with Crippen LogP contribution in [0.2, 0.25) is 0 Å². The average Bonchev–Trinajstić information content (AvgIpc) is 3.36. The molecule has 3 atom stereocenters. The summed E-state index contributed by atoms with van der Waals surface area (Å²) in [5.41, 5.74) is 1.26. The highest BCUT2D eigenvalue weighted by atomic mass is 16.5. The first kappa shape index (κ1) is 19.1. The van der Waals surface area contributed by atoms with E-state index in [0.29, 0.717) is 5.92 Å². The van der Waals surface area contributed by atoms with Crippen LogP contribution in [0.25, 0.3) is 0 Å². The zero-order valence-corrected chi connectivity index (χ0v) is 15.7. The van der Waals surface area contributed by atoms with Gasteiger partial charge in [-0.2, -0.15) is 0 Å². The van der Waals surface area contributed by atoms with Gasteiger partial charge in [-0.15, -0.1) is 0 Å². The first-order chi connectivity index (χ1) is 12.9. The van der Waals surface area contributed by atoms with Crippen LogP contribution in [0.15, 0.2) is 35.3 Å². The van der Waals surface area contributed by atoms with E-state index in [0.717, 1.165) is 64.7 Å². The first-order valence-electron chi connectivity index (χ1n) is 9.67. The van der Waals surface area contributed by atoms with Crippen molar-refractivity contribution in [2.45, 2.75) is 31.5 Å². The van der Waals surface area contributed by atoms with E-state index in [2.05, 4.69) is 39.9 Å². The third-order valence-corrected chi connectivity index (χ3v) is 4.95. The number of benzene rings is 1. The Morgan fingerprint density at radius 2 is 2.08 bits per heavy atom. The van der Waals surface area contributed by atoms with Crippen LogP contribution < -0.4 is 10.6 Å². The molecule has 0 radical (unpaired) electrons. The van der Waals surface area contributed by atoms with Crippen molar-refractivity contribution in [3.8, 4) is 0 Å². The lowest BCUT2D eigenvalue weighted by molar-refractivity contribution is 0.0420. The number of rotatable bonds is 8. The van der Waals surface area contributed by atoms with Gasteiger partial charge in [-0.1, -0.05) is 30.3 Å². The molecule has 3 rings (SSSR count). The molecule has 2 heterocycles. The summed E-state index contributed by atoms with van der Waals surface area (Å²) in [6, 6.07) is 10.5. The fraction of sp³-hybridized carbons (Fsp3) is 0.650. The maximum Gasteiger partial charge on any atom is 0.190 e. The lowest BCUT2D eigenvalue weighted by Crippen LogP contribution is -2.40. The van der Waals surface area contributed by atoms with Crippen LogP contribution in [0.3, 0.4) is 0 Å². The number of nitrogens with one attached hydrogen (secondary N) is 2. The van der Waals surface area contributed by atoms with E-state index in [-0.39, 0.29) is 12.2 Å². The van der Waals surface area contributed by atoms with Gasteiger partial charge < -0.3 is 24.8 Å². The van der Waals surface area contributed by atoms with Gasteiger partial charge in [0.25, 0.3) is 0 Å². The maximum absolute atomic E-state index is 5.95. The Labute approximate surface area is 156 Å². The molecular weight excluding hydrogens is 330 g/mol. The molecule has 0 aliphatic carbocycles. The van der Waals surface area contributed by atoms with E-state index in [4.69, 9.17) is 14.2 Å². The van der Waals surface area contributed by atoms with Gasteiger partial charge in [0.05, 0.1) is 18.8 Å². The molecule has 0 aromatic heterocycles. The number of hydrogen-bond acceptors (Lipinski definition) is 4. The molecule has 2 fully saturated rings. The minimum atomic E-state index is 0.170. The highest BCUT2D eigenvalue weighted by molar-refractivity contribution is 5.79. The second kappa shape index (κ2) is 10.5. The summed E-state index contributed by atoms with van der Waals surface area (Å²) in [5.74, 6) is 1.30. The molecule has 2 saturated heterocycles. The van der Waals surface area contributed by atoms with E-state index < -0.39 is 0 Å². The summed E-state index contributed by atoms with van der Waals surface area (Å²) in [7, 11) is 1.81. The Hall–Kier alpha value is -1.63. The number of guanidine groups is 1. The van der Waals surface area contributed by atoms with E-state index in [1.54, 1.807) is 0 Å². The Morgan fingerprint density at radius 3 is 2.85 bits per heavy atom. The van der Waals surface area contributed by atoms with Gasteiger partial charge in [0.2, 0.25) is 0 Å². The van der Waals surface area contributed by atoms with Crippen LogP contribution in [-0.4, -0.2) is 58.6 Å². The smallest absolute Gasteiger partial charge is 0.190 e. The normalized spacial score (nSPS) is 26.2. The zero-order chi connectivity index (χ0) is 18.0. The van der Waals surface area contributed by atoms with Crippen LogP contribution in [-0.2, 0) is 14.2 Å². The average molecular weight is 361 g/mol. The summed E-state index contributed by atoms with van der Waals surface area (Å²) in [6.45, 7) is 4.84. The van der Waals surface area contributed by atoms with Crippen LogP contribution in [0.4, 0.5) is 0 Å². The minimum Gasteiger partial charge on any atom is -0.379 e. The number of ether oxygens (including phenoxy) is 3. The molecular formula is C20H31N3O3. The molecule has 0 spiro atoms. The first-order valence-corrected chi connectivity index (χ1v) is 9.67. The third kappa shape index (κ3) is 5.69. The van der Waals surface area contributed by atoms with E-state index in [1.165, 1.54) is 5.56 Å². The topological polar surface area (TPSA) is 64.1 Å². The Bertz CT molecular complexity index is 546. The van der Waals surface area contributed by atoms with Crippen molar-refractivity contribution in [2.24, 2.45) is 10.9 Å². The lowest BCUT2D eigenvalue weighted by Gasteiger charge is -2.21. The standard InChI is InChI=1S/C20H31N3O3/c1-21-20(22-10-5-11-25-18-9-12-24-15-18)23-14-17-8-13-26-19(17)16-6-3-2-4-7-16/h2-4,6-7,17-19H,5,8-15H2,1H3,(H2,21,22,23). The SMILES string of the molecule is CN=C(NCCCOC1CCOC1)NCC1CCOC1c1ccccc1. The Kier molecular flexibility index (Phi) is 7.73. The zero-order valence-electron chi connectivity index (χ0n) is 15.7. The van der Waals surface area contributed by atoms with E-state index in [1.807, 2.05) is 13.1 Å². The quantitative estimate of drug-likeness (QED) is 0.422. The number of aliphatic imine (C=N–C) groups is 1. The summed E-state index contributed by atoms with van der Waals surface area (Å²) >= 11 is 0. The summed E-state index contributed by atoms with van der Waals surface area (Å²) in [6.07, 6.45) is 3.49. The molecule has 6 heteroatoms. The second-order valence-electron chi connectivity index (χ2n) is 6.84. The molecule has 3 unspecified atom stereocenters. The van der Waals surface area contributed by atoms with Crippen molar-refractivity contribution >= 4 is 5.96 Å². The molecule has 2 aliphatic heterocycles. The Morgan fingerprint density at radius 1 is 1.19 bits per heavy atom. The van der Waals surface area contributed by atoms with E-state index in [9.17, 15) is 0 Å². The van der Waals surface area contributed by atoms with Crippen LogP contribution in [0, 0.1) is 5.92 Å². The van der Waals surface area contributed by atoms with Crippen molar-refractivity contribution in [2.75, 3.05) is 46.6 Å². The molecule has 1 aromatic rings. The van der Waals surface area contributed by atoms with Gasteiger partial charge in [-0.3, -0.25) is 4.99 Å². The maximum atomic E-state index is 5.95. The summed E-state index contributed by atoms with van der Waals surface area (Å²) < 4.78 is 17.0. The van der Waals surface area contributed by atoms with Gasteiger partial charge in [0, 0.05) is 45.9 Å². The van der Waals surface area contributed by atoms with Crippen molar-refractivity contribution in [3.05, 3.63) is 35.9 Å². The van der Waals surface area contributed by atoms with Gasteiger partial charge in [0.1, 0.15) is 0 Å². The van der Waals surface area contributed by atoms with E-state index >= 15 is 0 Å². The van der Waals surface area contributed by atoms with Crippen molar-refractivity contribution in [3.63, 3.8) is 0 Å². The predicted octanol–water partition coefficient (Wildman–Crippen LogP) is 2.12. The van der Waals surface area contributed by atoms with Gasteiger partial charge >= 0.3 is 0 Å². The van der Waals surface area contributed by atoms with Crippen molar-refractivity contribution in [1.29, 1.82) is 0 Å². The fourth-order valence-electron chi connectivity index (χ4n) is 3.48. The highest BCUT2D eigenvalue weighted by Gasteiger charge is 2.29. The molecule has 6 nitrogen and oxygen atoms in total. The third-order valence-electron chi connectivity index (χ3n) is 4.95. The van der Waals surface area contributed by atoms with Crippen LogP contribution >= 0.6 is 0 Å². The molecule has 0 saturated carbocycles. The highest BCUT2D eigenvalue weighted by Crippen LogP contribution is 2.33. The number of hydrogen-bond donors (Lipinski definition) is 2.